The second-order valence-corrected chi connectivity index (χ2v) is 5.88. The van der Waals surface area contributed by atoms with E-state index in [2.05, 4.69) is 5.32 Å². The maximum atomic E-state index is 12.1. The fourth-order valence-electron chi connectivity index (χ4n) is 1.71. The van der Waals surface area contributed by atoms with Crippen molar-refractivity contribution in [2.75, 3.05) is 5.32 Å². The molecule has 0 aromatic heterocycles. The van der Waals surface area contributed by atoms with Gasteiger partial charge >= 0.3 is 5.97 Å². The third kappa shape index (κ3) is 4.66. The lowest BCUT2D eigenvalue weighted by Gasteiger charge is -2.26. The summed E-state index contributed by atoms with van der Waals surface area (Å²) in [5.41, 5.74) is 6.99. The molecule has 0 radical (unpaired) electrons. The summed E-state index contributed by atoms with van der Waals surface area (Å²) in [6.07, 6.45) is 0.398. The second kappa shape index (κ2) is 6.52. The van der Waals surface area contributed by atoms with Crippen LogP contribution in [0, 0.1) is 5.41 Å². The minimum absolute atomic E-state index is 0.0260. The molecule has 0 aliphatic carbocycles. The summed E-state index contributed by atoms with van der Waals surface area (Å²) in [7, 11) is 0. The van der Waals surface area contributed by atoms with Gasteiger partial charge in [0.15, 0.2) is 0 Å². The molecule has 1 aromatic carbocycles. The first kappa shape index (κ1) is 16.2. The van der Waals surface area contributed by atoms with Gasteiger partial charge in [-0.1, -0.05) is 39.0 Å². The Morgan fingerprint density at radius 2 is 1.90 bits per heavy atom. The van der Waals surface area contributed by atoms with E-state index < -0.39 is 12.0 Å². The van der Waals surface area contributed by atoms with Crippen molar-refractivity contribution in [2.24, 2.45) is 11.1 Å². The standard InChI is InChI=1S/C15H22N2O3/c1-15(2,3)13(16)14(20)17-11-7-5-4-6-10(11)8-9-12(18)19/h4-7,13H,8-9,16H2,1-3H3,(H,17,20)(H,18,19)/t13-/m1/s1. The van der Waals surface area contributed by atoms with E-state index in [4.69, 9.17) is 10.8 Å². The summed E-state index contributed by atoms with van der Waals surface area (Å²) in [6, 6.07) is 6.54. The highest BCUT2D eigenvalue weighted by Crippen LogP contribution is 2.21. The van der Waals surface area contributed by atoms with E-state index in [0.29, 0.717) is 12.1 Å². The first-order chi connectivity index (χ1) is 9.21. The number of amides is 1. The summed E-state index contributed by atoms with van der Waals surface area (Å²) in [5, 5.41) is 11.5. The molecule has 20 heavy (non-hydrogen) atoms. The third-order valence-electron chi connectivity index (χ3n) is 3.10. The van der Waals surface area contributed by atoms with Crippen LogP contribution in [0.5, 0.6) is 0 Å². The Balaban J connectivity index is 2.82. The largest absolute Gasteiger partial charge is 0.481 e. The van der Waals surface area contributed by atoms with Crippen molar-refractivity contribution in [1.29, 1.82) is 0 Å². The van der Waals surface area contributed by atoms with Gasteiger partial charge in [-0.3, -0.25) is 9.59 Å². The molecule has 0 saturated heterocycles. The summed E-state index contributed by atoms with van der Waals surface area (Å²) in [6.45, 7) is 5.69. The van der Waals surface area contributed by atoms with Gasteiger partial charge in [-0.05, 0) is 23.5 Å². The molecule has 5 heteroatoms. The van der Waals surface area contributed by atoms with Gasteiger partial charge in [-0.25, -0.2) is 0 Å². The van der Waals surface area contributed by atoms with Crippen LogP contribution in [0.25, 0.3) is 0 Å². The third-order valence-corrected chi connectivity index (χ3v) is 3.10. The van der Waals surface area contributed by atoms with Gasteiger partial charge in [-0.15, -0.1) is 0 Å². The summed E-state index contributed by atoms with van der Waals surface area (Å²) in [4.78, 5) is 22.7. The Labute approximate surface area is 119 Å². The minimum Gasteiger partial charge on any atom is -0.481 e. The van der Waals surface area contributed by atoms with Crippen LogP contribution in [0.2, 0.25) is 0 Å². The Kier molecular flexibility index (Phi) is 5.27. The fraction of sp³-hybridized carbons (Fsp3) is 0.467. The normalized spacial score (nSPS) is 12.8. The number of benzene rings is 1. The number of carbonyl (C=O) groups excluding carboxylic acids is 1. The van der Waals surface area contributed by atoms with Gasteiger partial charge in [0.25, 0.3) is 0 Å². The minimum atomic E-state index is -0.863. The Hall–Kier alpha value is -1.88. The number of hydrogen-bond acceptors (Lipinski definition) is 3. The molecule has 0 aliphatic rings. The van der Waals surface area contributed by atoms with Gasteiger partial charge in [0.2, 0.25) is 5.91 Å². The molecule has 0 aliphatic heterocycles. The monoisotopic (exact) mass is 278 g/mol. The van der Waals surface area contributed by atoms with E-state index in [1.165, 1.54) is 0 Å². The van der Waals surface area contributed by atoms with Crippen molar-refractivity contribution < 1.29 is 14.7 Å². The van der Waals surface area contributed by atoms with Crippen molar-refractivity contribution in [2.45, 2.75) is 39.7 Å². The number of carboxylic acid groups (broad SMARTS) is 1. The molecule has 0 bridgehead atoms. The van der Waals surface area contributed by atoms with Gasteiger partial charge in [0.05, 0.1) is 6.04 Å². The van der Waals surface area contributed by atoms with Crippen LogP contribution >= 0.6 is 0 Å². The van der Waals surface area contributed by atoms with Crippen molar-refractivity contribution in [3.63, 3.8) is 0 Å². The summed E-state index contributed by atoms with van der Waals surface area (Å²) in [5.74, 6) is -1.13. The molecule has 1 aromatic rings. The molecule has 0 fully saturated rings. The Morgan fingerprint density at radius 1 is 1.30 bits per heavy atom. The van der Waals surface area contributed by atoms with Gasteiger partial charge in [0, 0.05) is 12.1 Å². The number of aryl methyl sites for hydroxylation is 1. The molecular weight excluding hydrogens is 256 g/mol. The highest BCUT2D eigenvalue weighted by molar-refractivity contribution is 5.95. The van der Waals surface area contributed by atoms with E-state index in [1.54, 1.807) is 18.2 Å². The predicted molar refractivity (Wildman–Crippen MR) is 78.5 cm³/mol. The Morgan fingerprint density at radius 3 is 2.45 bits per heavy atom. The van der Waals surface area contributed by atoms with Crippen LogP contribution in [0.15, 0.2) is 24.3 Å². The van der Waals surface area contributed by atoms with Crippen molar-refractivity contribution in [1.82, 2.24) is 0 Å². The lowest BCUT2D eigenvalue weighted by molar-refractivity contribution is -0.137. The van der Waals surface area contributed by atoms with Crippen LogP contribution in [-0.2, 0) is 16.0 Å². The highest BCUT2D eigenvalue weighted by atomic mass is 16.4. The number of carbonyl (C=O) groups is 2. The van der Waals surface area contributed by atoms with Gasteiger partial charge in [0.1, 0.15) is 0 Å². The number of para-hydroxylation sites is 1. The maximum absolute atomic E-state index is 12.1. The van der Waals surface area contributed by atoms with Crippen molar-refractivity contribution >= 4 is 17.6 Å². The zero-order chi connectivity index (χ0) is 15.3. The number of aliphatic carboxylic acids is 1. The molecule has 5 nitrogen and oxygen atoms in total. The van der Waals surface area contributed by atoms with Crippen LogP contribution in [-0.4, -0.2) is 23.0 Å². The van der Waals surface area contributed by atoms with E-state index in [0.717, 1.165) is 5.56 Å². The molecule has 1 atom stereocenters. The number of nitrogens with two attached hydrogens (primary N) is 1. The average Bonchev–Trinajstić information content (AvgIpc) is 2.35. The van der Waals surface area contributed by atoms with Gasteiger partial charge in [-0.2, -0.15) is 0 Å². The second-order valence-electron chi connectivity index (χ2n) is 5.88. The topological polar surface area (TPSA) is 92.4 Å². The van der Waals surface area contributed by atoms with E-state index in [9.17, 15) is 9.59 Å². The predicted octanol–water partition coefficient (Wildman–Crippen LogP) is 2.02. The SMILES string of the molecule is CC(C)(C)[C@H](N)C(=O)Nc1ccccc1CCC(=O)O. The van der Waals surface area contributed by atoms with Crippen LogP contribution in [0.3, 0.4) is 0 Å². The number of rotatable bonds is 5. The number of anilines is 1. The average molecular weight is 278 g/mol. The fourth-order valence-corrected chi connectivity index (χ4v) is 1.71. The van der Waals surface area contributed by atoms with E-state index in [1.807, 2.05) is 26.8 Å². The molecule has 0 saturated carbocycles. The van der Waals surface area contributed by atoms with Crippen molar-refractivity contribution in [3.8, 4) is 0 Å². The molecule has 1 amide bonds. The first-order valence-corrected chi connectivity index (χ1v) is 6.58. The zero-order valence-electron chi connectivity index (χ0n) is 12.1. The zero-order valence-corrected chi connectivity index (χ0v) is 12.1. The summed E-state index contributed by atoms with van der Waals surface area (Å²) >= 11 is 0. The number of hydrogen-bond donors (Lipinski definition) is 3. The van der Waals surface area contributed by atoms with E-state index in [-0.39, 0.29) is 17.7 Å². The molecule has 0 unspecified atom stereocenters. The molecule has 4 N–H and O–H groups in total. The molecule has 110 valence electrons. The molecule has 0 heterocycles. The van der Waals surface area contributed by atoms with Crippen molar-refractivity contribution in [3.05, 3.63) is 29.8 Å². The number of nitrogens with one attached hydrogen (secondary N) is 1. The van der Waals surface area contributed by atoms with Crippen LogP contribution in [0.4, 0.5) is 5.69 Å². The van der Waals surface area contributed by atoms with Gasteiger partial charge < -0.3 is 16.2 Å². The van der Waals surface area contributed by atoms with Crippen LogP contribution < -0.4 is 11.1 Å². The summed E-state index contributed by atoms with van der Waals surface area (Å²) < 4.78 is 0. The lowest BCUT2D eigenvalue weighted by atomic mass is 9.87. The molecule has 1 rings (SSSR count). The maximum Gasteiger partial charge on any atom is 0.303 e. The lowest BCUT2D eigenvalue weighted by Crippen LogP contribution is -2.45. The molecular formula is C15H22N2O3. The quantitative estimate of drug-likeness (QED) is 0.768. The highest BCUT2D eigenvalue weighted by Gasteiger charge is 2.27. The molecule has 0 spiro atoms. The number of carboxylic acids is 1. The van der Waals surface area contributed by atoms with Crippen LogP contribution in [0.1, 0.15) is 32.8 Å². The smallest absolute Gasteiger partial charge is 0.303 e. The van der Waals surface area contributed by atoms with E-state index >= 15 is 0 Å². The first-order valence-electron chi connectivity index (χ1n) is 6.58. The Bertz CT molecular complexity index is 492.